The molecule has 0 aliphatic rings. The number of ether oxygens (including phenoxy) is 1. The Morgan fingerprint density at radius 2 is 1.91 bits per heavy atom. The van der Waals surface area contributed by atoms with Gasteiger partial charge in [-0.15, -0.1) is 0 Å². The third kappa shape index (κ3) is 4.70. The highest BCUT2D eigenvalue weighted by molar-refractivity contribution is 7.83. The highest BCUT2D eigenvalue weighted by atomic mass is 32.2. The summed E-state index contributed by atoms with van der Waals surface area (Å²) in [6, 6.07) is 12.2. The van der Waals surface area contributed by atoms with E-state index in [9.17, 15) is 14.3 Å². The maximum atomic E-state index is 12.0. The molecule has 176 valence electrons. The van der Waals surface area contributed by atoms with Crippen molar-refractivity contribution in [3.05, 3.63) is 48.0 Å². The van der Waals surface area contributed by atoms with Gasteiger partial charge in [-0.2, -0.15) is 19.9 Å². The summed E-state index contributed by atoms with van der Waals surface area (Å²) >= 11 is 0. The summed E-state index contributed by atoms with van der Waals surface area (Å²) in [6.45, 7) is 0.328. The summed E-state index contributed by atoms with van der Waals surface area (Å²) in [5.74, 6) is 0.903. The van der Waals surface area contributed by atoms with Crippen molar-refractivity contribution in [1.29, 1.82) is 0 Å². The van der Waals surface area contributed by atoms with Gasteiger partial charge in [0.1, 0.15) is 16.5 Å². The van der Waals surface area contributed by atoms with Gasteiger partial charge in [0.25, 0.3) is 0 Å². The number of nitrogens with one attached hydrogen (secondary N) is 1. The van der Waals surface area contributed by atoms with Crippen LogP contribution in [-0.2, 0) is 17.5 Å². The van der Waals surface area contributed by atoms with Crippen LogP contribution in [-0.4, -0.2) is 67.1 Å². The van der Waals surface area contributed by atoms with Gasteiger partial charge < -0.3 is 25.0 Å². The van der Waals surface area contributed by atoms with Crippen molar-refractivity contribution in [2.45, 2.75) is 11.4 Å². The van der Waals surface area contributed by atoms with E-state index in [0.29, 0.717) is 33.9 Å². The first-order chi connectivity index (χ1) is 16.3. The molecular formula is C20H23BN8O4S. The first kappa shape index (κ1) is 23.6. The zero-order valence-electron chi connectivity index (χ0n) is 18.7. The van der Waals surface area contributed by atoms with Crippen molar-refractivity contribution in [3.63, 3.8) is 0 Å². The Labute approximate surface area is 198 Å². The number of rotatable bonds is 8. The van der Waals surface area contributed by atoms with E-state index in [1.807, 2.05) is 6.07 Å². The molecule has 0 spiro atoms. The van der Waals surface area contributed by atoms with Gasteiger partial charge in [0.05, 0.1) is 17.5 Å². The van der Waals surface area contributed by atoms with E-state index < -0.39 is 18.1 Å². The lowest BCUT2D eigenvalue weighted by Gasteiger charge is -2.15. The molecule has 2 aromatic carbocycles. The molecule has 0 aliphatic carbocycles. The average Bonchev–Trinajstić information content (AvgIpc) is 3.21. The number of methoxy groups -OCH3 is 1. The molecule has 4 aromatic rings. The van der Waals surface area contributed by atoms with Crippen molar-refractivity contribution in [2.24, 2.45) is 5.14 Å². The minimum atomic E-state index is -1.74. The number of hydrogen-bond donors (Lipinski definition) is 4. The number of fused-ring (bicyclic) bond motifs is 1. The van der Waals surface area contributed by atoms with Gasteiger partial charge in [-0.05, 0) is 23.2 Å². The predicted octanol–water partition coefficient (Wildman–Crippen LogP) is -0.442. The van der Waals surface area contributed by atoms with Gasteiger partial charge in [0, 0.05) is 20.6 Å². The quantitative estimate of drug-likeness (QED) is 0.242. The molecule has 0 fully saturated rings. The Kier molecular flexibility index (Phi) is 6.74. The number of aromatic nitrogens is 5. The van der Waals surface area contributed by atoms with Gasteiger partial charge in [0.2, 0.25) is 17.8 Å². The summed E-state index contributed by atoms with van der Waals surface area (Å²) in [5, 5.41) is 27.6. The molecule has 2 aromatic heterocycles. The van der Waals surface area contributed by atoms with Gasteiger partial charge >= 0.3 is 13.1 Å². The van der Waals surface area contributed by atoms with Crippen LogP contribution in [0.4, 0.5) is 11.9 Å². The summed E-state index contributed by atoms with van der Waals surface area (Å²) < 4.78 is 19.0. The van der Waals surface area contributed by atoms with E-state index in [2.05, 4.69) is 25.3 Å². The maximum Gasteiger partial charge on any atom is 0.488 e. The molecule has 1 unspecified atom stereocenters. The molecule has 0 aliphatic heterocycles. The van der Waals surface area contributed by atoms with E-state index in [-0.39, 0.29) is 17.9 Å². The van der Waals surface area contributed by atoms with Crippen molar-refractivity contribution in [2.75, 3.05) is 31.4 Å². The molecule has 5 N–H and O–H groups in total. The molecule has 1 atom stereocenters. The van der Waals surface area contributed by atoms with E-state index >= 15 is 0 Å². The SMILES string of the molecule is COc1nc2c(S(N)=O)cccc2n1-c1nc(NCc2cccc(B(O)O)c2)nc(N(C)C)n1. The Bertz CT molecular complexity index is 1360. The minimum Gasteiger partial charge on any atom is -0.468 e. The number of imidazole rings is 1. The van der Waals surface area contributed by atoms with Crippen molar-refractivity contribution >= 4 is 46.5 Å². The zero-order valence-corrected chi connectivity index (χ0v) is 19.5. The summed E-state index contributed by atoms with van der Waals surface area (Å²) in [6.07, 6.45) is 0. The van der Waals surface area contributed by atoms with Crippen LogP contribution in [0.2, 0.25) is 0 Å². The lowest BCUT2D eigenvalue weighted by molar-refractivity contribution is 0.374. The molecule has 0 saturated heterocycles. The number of hydrogen-bond acceptors (Lipinski definition) is 10. The van der Waals surface area contributed by atoms with Crippen molar-refractivity contribution in [3.8, 4) is 12.0 Å². The van der Waals surface area contributed by atoms with Gasteiger partial charge in [-0.3, -0.25) is 0 Å². The normalized spacial score (nSPS) is 11.9. The second-order valence-electron chi connectivity index (χ2n) is 7.48. The number of para-hydroxylation sites is 1. The topological polar surface area (TPSA) is 165 Å². The number of nitrogens with two attached hydrogens (primary N) is 1. The Balaban J connectivity index is 1.78. The zero-order chi connectivity index (χ0) is 24.4. The van der Waals surface area contributed by atoms with Crippen LogP contribution in [0.1, 0.15) is 5.56 Å². The molecule has 2 heterocycles. The first-order valence-electron chi connectivity index (χ1n) is 10.1. The average molecular weight is 482 g/mol. The molecule has 4 rings (SSSR count). The molecule has 0 bridgehead atoms. The van der Waals surface area contributed by atoms with Crippen LogP contribution in [0, 0.1) is 0 Å². The molecular weight excluding hydrogens is 459 g/mol. The molecule has 14 heteroatoms. The Morgan fingerprint density at radius 1 is 1.15 bits per heavy atom. The van der Waals surface area contributed by atoms with Gasteiger partial charge in [-0.1, -0.05) is 30.3 Å². The maximum absolute atomic E-state index is 12.0. The molecule has 34 heavy (non-hydrogen) atoms. The van der Waals surface area contributed by atoms with E-state index in [4.69, 9.17) is 9.88 Å². The number of benzene rings is 2. The molecule has 12 nitrogen and oxygen atoms in total. The lowest BCUT2D eigenvalue weighted by Crippen LogP contribution is -2.30. The van der Waals surface area contributed by atoms with Gasteiger partial charge in [-0.25, -0.2) is 13.9 Å². The van der Waals surface area contributed by atoms with Gasteiger partial charge in [0.15, 0.2) is 0 Å². The fourth-order valence-corrected chi connectivity index (χ4v) is 3.88. The predicted molar refractivity (Wildman–Crippen MR) is 130 cm³/mol. The van der Waals surface area contributed by atoms with E-state index in [1.54, 1.807) is 60.0 Å². The Morgan fingerprint density at radius 3 is 2.59 bits per heavy atom. The molecule has 0 radical (unpaired) electrons. The largest absolute Gasteiger partial charge is 0.488 e. The first-order valence-corrected chi connectivity index (χ1v) is 11.3. The molecule has 0 saturated carbocycles. The monoisotopic (exact) mass is 482 g/mol. The highest BCUT2D eigenvalue weighted by Crippen LogP contribution is 2.28. The summed E-state index contributed by atoms with van der Waals surface area (Å²) in [5.41, 5.74) is 2.17. The third-order valence-electron chi connectivity index (χ3n) is 4.93. The Hall–Kier alpha value is -3.59. The summed E-state index contributed by atoms with van der Waals surface area (Å²) in [4.78, 5) is 20.1. The highest BCUT2D eigenvalue weighted by Gasteiger charge is 2.21. The number of anilines is 2. The van der Waals surface area contributed by atoms with Crippen LogP contribution in [0.25, 0.3) is 17.0 Å². The second kappa shape index (κ2) is 9.73. The minimum absolute atomic E-state index is 0.194. The van der Waals surface area contributed by atoms with E-state index in [1.165, 1.54) is 7.11 Å². The molecule has 0 amide bonds. The van der Waals surface area contributed by atoms with Crippen molar-refractivity contribution < 1.29 is 19.0 Å². The van der Waals surface area contributed by atoms with Crippen LogP contribution >= 0.6 is 0 Å². The standard InChI is InChI=1S/C20H23BN8O4S/c1-28(2)18-25-17(23-11-12-6-4-7-13(10-12)21(30)31)26-19(27-18)29-14-8-5-9-15(34(22)32)16(14)24-20(29)33-3/h4-10,30-31H,11,22H2,1-3H3,(H,23,25,26,27). The van der Waals surface area contributed by atoms with Crippen molar-refractivity contribution in [1.82, 2.24) is 24.5 Å². The number of nitrogens with zero attached hydrogens (tertiary/aromatic N) is 6. The smallest absolute Gasteiger partial charge is 0.468 e. The fourth-order valence-electron chi connectivity index (χ4n) is 3.32. The summed E-state index contributed by atoms with van der Waals surface area (Å²) in [7, 11) is 1.76. The van der Waals surface area contributed by atoms with E-state index in [0.717, 1.165) is 5.56 Å². The van der Waals surface area contributed by atoms with Crippen LogP contribution in [0.15, 0.2) is 47.4 Å². The second-order valence-corrected chi connectivity index (χ2v) is 8.52. The van der Waals surface area contributed by atoms with Crippen LogP contribution in [0.5, 0.6) is 6.01 Å². The fraction of sp³-hybridized carbons (Fsp3) is 0.200. The lowest BCUT2D eigenvalue weighted by atomic mass is 9.80. The van der Waals surface area contributed by atoms with Crippen LogP contribution in [0.3, 0.4) is 0 Å². The third-order valence-corrected chi connectivity index (χ3v) is 5.69. The van der Waals surface area contributed by atoms with Crippen LogP contribution < -0.4 is 25.6 Å².